The summed E-state index contributed by atoms with van der Waals surface area (Å²) < 4.78 is 1.51. The number of thiophene rings is 2. The lowest BCUT2D eigenvalue weighted by atomic mass is 10.1. The number of hydrogen-bond donors (Lipinski definition) is 1. The molecule has 102 valence electrons. The number of hydrogen-bond acceptors (Lipinski definition) is 5. The Balaban J connectivity index is 1.86. The van der Waals surface area contributed by atoms with Crippen molar-refractivity contribution < 1.29 is 4.79 Å². The third-order valence-corrected chi connectivity index (χ3v) is 4.45. The molecular weight excluding hydrogens is 292 g/mol. The average molecular weight is 304 g/mol. The van der Waals surface area contributed by atoms with Crippen LogP contribution < -0.4 is 5.32 Å². The molecule has 0 aliphatic heterocycles. The molecule has 0 aliphatic carbocycles. The summed E-state index contributed by atoms with van der Waals surface area (Å²) in [4.78, 5) is 13.3. The van der Waals surface area contributed by atoms with Gasteiger partial charge < -0.3 is 5.32 Å². The molecule has 0 radical (unpaired) electrons. The van der Waals surface area contributed by atoms with Crippen LogP contribution in [0.2, 0.25) is 0 Å². The zero-order chi connectivity index (χ0) is 13.9. The van der Waals surface area contributed by atoms with Crippen LogP contribution >= 0.6 is 22.7 Å². The lowest BCUT2D eigenvalue weighted by Gasteiger charge is -2.15. The number of aryl methyl sites for hydroxylation is 1. The maximum atomic E-state index is 12.2. The van der Waals surface area contributed by atoms with Gasteiger partial charge in [-0.1, -0.05) is 11.3 Å². The Bertz CT molecular complexity index is 654. The highest BCUT2D eigenvalue weighted by molar-refractivity contribution is 7.10. The van der Waals surface area contributed by atoms with Gasteiger partial charge in [-0.15, -0.1) is 16.4 Å². The van der Waals surface area contributed by atoms with E-state index in [4.69, 9.17) is 0 Å². The first kappa shape index (κ1) is 13.0. The maximum Gasteiger partial charge on any atom is 0.274 e. The fourth-order valence-electron chi connectivity index (χ4n) is 1.87. The molecule has 1 atom stereocenters. The molecule has 3 rings (SSSR count). The first-order valence-corrected chi connectivity index (χ1v) is 7.79. The van der Waals surface area contributed by atoms with Crippen molar-refractivity contribution in [3.63, 3.8) is 0 Å². The molecule has 3 heterocycles. The molecule has 1 amide bonds. The third kappa shape index (κ3) is 2.63. The lowest BCUT2D eigenvalue weighted by molar-refractivity contribution is 0.0938. The van der Waals surface area contributed by atoms with Crippen LogP contribution in [0.1, 0.15) is 27.0 Å². The SMILES string of the molecule is Cn1cc(C(=O)N[C@H](c2ccsc2)c2cccs2)nn1. The van der Waals surface area contributed by atoms with E-state index in [1.807, 2.05) is 34.3 Å². The third-order valence-electron chi connectivity index (χ3n) is 2.81. The second-order valence-corrected chi connectivity index (χ2v) is 6.02. The standard InChI is InChI=1S/C13H12N4OS2/c1-17-7-10(15-16-17)13(18)14-12(9-4-6-19-8-9)11-3-2-5-20-11/h2-8,12H,1H3,(H,14,18)/t12-/m1/s1. The van der Waals surface area contributed by atoms with Crippen LogP contribution in [0.15, 0.2) is 40.5 Å². The summed E-state index contributed by atoms with van der Waals surface area (Å²) in [5, 5.41) is 16.7. The van der Waals surface area contributed by atoms with Crippen molar-refractivity contribution in [2.75, 3.05) is 0 Å². The minimum Gasteiger partial charge on any atom is -0.339 e. The van der Waals surface area contributed by atoms with E-state index in [0.29, 0.717) is 5.69 Å². The zero-order valence-corrected chi connectivity index (χ0v) is 12.3. The molecule has 0 spiro atoms. The molecule has 1 N–H and O–H groups in total. The minimum absolute atomic E-state index is 0.143. The van der Waals surface area contributed by atoms with Crippen molar-refractivity contribution in [3.8, 4) is 0 Å². The van der Waals surface area contributed by atoms with E-state index in [1.54, 1.807) is 35.9 Å². The van der Waals surface area contributed by atoms with Crippen LogP contribution in [0.5, 0.6) is 0 Å². The predicted octanol–water partition coefficient (Wildman–Crippen LogP) is 2.46. The molecule has 0 fully saturated rings. The second kappa shape index (κ2) is 5.56. The van der Waals surface area contributed by atoms with E-state index in [9.17, 15) is 4.79 Å². The van der Waals surface area contributed by atoms with Gasteiger partial charge in [-0.2, -0.15) is 11.3 Å². The highest BCUT2D eigenvalue weighted by Gasteiger charge is 2.20. The van der Waals surface area contributed by atoms with Gasteiger partial charge in [0.05, 0.1) is 12.2 Å². The molecular formula is C13H12N4OS2. The summed E-state index contributed by atoms with van der Waals surface area (Å²) in [7, 11) is 1.74. The molecule has 0 saturated carbocycles. The van der Waals surface area contributed by atoms with Crippen LogP contribution in [-0.2, 0) is 7.05 Å². The first-order valence-electron chi connectivity index (χ1n) is 5.97. The van der Waals surface area contributed by atoms with Crippen LogP contribution in [0.25, 0.3) is 0 Å². The molecule has 0 bridgehead atoms. The number of nitrogens with one attached hydrogen (secondary N) is 1. The monoisotopic (exact) mass is 304 g/mol. The Morgan fingerprint density at radius 3 is 2.90 bits per heavy atom. The van der Waals surface area contributed by atoms with Crippen molar-refractivity contribution in [1.29, 1.82) is 0 Å². The number of amides is 1. The van der Waals surface area contributed by atoms with E-state index in [1.165, 1.54) is 4.68 Å². The normalized spacial score (nSPS) is 12.2. The number of carbonyl (C=O) groups excluding carboxylic acids is 1. The van der Waals surface area contributed by atoms with Gasteiger partial charge in [0.2, 0.25) is 0 Å². The van der Waals surface area contributed by atoms with Crippen LogP contribution in [0.3, 0.4) is 0 Å². The van der Waals surface area contributed by atoms with Gasteiger partial charge in [0, 0.05) is 11.9 Å². The van der Waals surface area contributed by atoms with Crippen molar-refractivity contribution in [1.82, 2.24) is 20.3 Å². The maximum absolute atomic E-state index is 12.2. The van der Waals surface area contributed by atoms with Crippen molar-refractivity contribution in [3.05, 3.63) is 56.7 Å². The van der Waals surface area contributed by atoms with Crippen molar-refractivity contribution in [2.45, 2.75) is 6.04 Å². The minimum atomic E-state index is -0.220. The number of rotatable bonds is 4. The summed E-state index contributed by atoms with van der Waals surface area (Å²) in [5.41, 5.74) is 1.40. The molecule has 0 unspecified atom stereocenters. The quantitative estimate of drug-likeness (QED) is 0.805. The molecule has 5 nitrogen and oxygen atoms in total. The number of aromatic nitrogens is 3. The molecule has 7 heteroatoms. The van der Waals surface area contributed by atoms with Crippen LogP contribution in [0, 0.1) is 0 Å². The van der Waals surface area contributed by atoms with Gasteiger partial charge in [0.25, 0.3) is 5.91 Å². The Kier molecular flexibility index (Phi) is 3.62. The Labute approximate surface area is 123 Å². The summed E-state index contributed by atoms with van der Waals surface area (Å²) in [5.74, 6) is -0.220. The highest BCUT2D eigenvalue weighted by Crippen LogP contribution is 2.27. The molecule has 3 aromatic heterocycles. The molecule has 0 saturated heterocycles. The largest absolute Gasteiger partial charge is 0.339 e. The van der Waals surface area contributed by atoms with E-state index in [0.717, 1.165) is 10.4 Å². The summed E-state index contributed by atoms with van der Waals surface area (Å²) in [6, 6.07) is 5.87. The Morgan fingerprint density at radius 1 is 1.40 bits per heavy atom. The zero-order valence-electron chi connectivity index (χ0n) is 10.7. The summed E-state index contributed by atoms with van der Waals surface area (Å²) in [6.45, 7) is 0. The smallest absolute Gasteiger partial charge is 0.274 e. The van der Waals surface area contributed by atoms with Gasteiger partial charge in [-0.3, -0.25) is 9.48 Å². The molecule has 20 heavy (non-hydrogen) atoms. The lowest BCUT2D eigenvalue weighted by Crippen LogP contribution is -2.28. The number of carbonyl (C=O) groups is 1. The van der Waals surface area contributed by atoms with E-state index in [2.05, 4.69) is 15.6 Å². The summed E-state index contributed by atoms with van der Waals surface area (Å²) in [6.07, 6.45) is 1.61. The topological polar surface area (TPSA) is 59.8 Å². The van der Waals surface area contributed by atoms with Gasteiger partial charge in [0.15, 0.2) is 5.69 Å². The Morgan fingerprint density at radius 2 is 2.30 bits per heavy atom. The van der Waals surface area contributed by atoms with Crippen molar-refractivity contribution in [2.24, 2.45) is 7.05 Å². The molecule has 3 aromatic rings. The van der Waals surface area contributed by atoms with Crippen LogP contribution in [0.4, 0.5) is 0 Å². The van der Waals surface area contributed by atoms with Gasteiger partial charge >= 0.3 is 0 Å². The molecule has 0 aliphatic rings. The fourth-order valence-corrected chi connectivity index (χ4v) is 3.36. The highest BCUT2D eigenvalue weighted by atomic mass is 32.1. The summed E-state index contributed by atoms with van der Waals surface area (Å²) >= 11 is 3.23. The van der Waals surface area contributed by atoms with Crippen molar-refractivity contribution >= 4 is 28.6 Å². The van der Waals surface area contributed by atoms with Crippen LogP contribution in [-0.4, -0.2) is 20.9 Å². The Hall–Kier alpha value is -1.99. The van der Waals surface area contributed by atoms with E-state index >= 15 is 0 Å². The first-order chi connectivity index (χ1) is 9.74. The van der Waals surface area contributed by atoms with Gasteiger partial charge in [0.1, 0.15) is 0 Å². The number of nitrogens with zero attached hydrogens (tertiary/aromatic N) is 3. The van der Waals surface area contributed by atoms with Gasteiger partial charge in [-0.05, 0) is 33.8 Å². The van der Waals surface area contributed by atoms with E-state index < -0.39 is 0 Å². The van der Waals surface area contributed by atoms with E-state index in [-0.39, 0.29) is 11.9 Å². The average Bonchev–Trinajstić information content (AvgIpc) is 3.17. The fraction of sp³-hybridized carbons (Fsp3) is 0.154. The predicted molar refractivity (Wildman–Crippen MR) is 79.0 cm³/mol. The second-order valence-electron chi connectivity index (χ2n) is 4.26. The molecule has 0 aromatic carbocycles. The van der Waals surface area contributed by atoms with Gasteiger partial charge in [-0.25, -0.2) is 0 Å².